The first-order chi connectivity index (χ1) is 11.8. The molecule has 0 aliphatic heterocycles. The van der Waals surface area contributed by atoms with Crippen molar-refractivity contribution in [2.45, 2.75) is 32.8 Å². The quantitative estimate of drug-likeness (QED) is 0.700. The normalized spacial score (nSPS) is 13.1. The number of fused-ring (bicyclic) bond motifs is 1. The Balaban J connectivity index is 1.95. The molecule has 1 atom stereocenters. The summed E-state index contributed by atoms with van der Waals surface area (Å²) in [6.07, 6.45) is 4.93. The number of aliphatic carboxylic acids is 1. The zero-order valence-electron chi connectivity index (χ0n) is 14.7. The number of benzene rings is 1. The van der Waals surface area contributed by atoms with Gasteiger partial charge in [0.25, 0.3) is 0 Å². The molecule has 0 aliphatic carbocycles. The van der Waals surface area contributed by atoms with Crippen molar-refractivity contribution in [1.82, 2.24) is 10.3 Å². The fourth-order valence-electron chi connectivity index (χ4n) is 2.46. The van der Waals surface area contributed by atoms with Crippen LogP contribution in [-0.4, -0.2) is 34.3 Å². The highest BCUT2D eigenvalue weighted by molar-refractivity contribution is 5.84. The fraction of sp³-hybridized carbons (Fsp3) is 0.368. The fourth-order valence-corrected chi connectivity index (χ4v) is 2.46. The van der Waals surface area contributed by atoms with Crippen LogP contribution < -0.4 is 5.32 Å². The lowest BCUT2D eigenvalue weighted by Crippen LogP contribution is -2.32. The Morgan fingerprint density at radius 1 is 1.32 bits per heavy atom. The molecule has 1 heterocycles. The van der Waals surface area contributed by atoms with Gasteiger partial charge in [-0.15, -0.1) is 0 Å². The highest BCUT2D eigenvalue weighted by Crippen LogP contribution is 2.21. The average Bonchev–Trinajstić information content (AvgIpc) is 2.91. The molecule has 2 rings (SSSR count). The predicted octanol–water partition coefficient (Wildman–Crippen LogP) is 3.49. The lowest BCUT2D eigenvalue weighted by Gasteiger charge is -2.19. The summed E-state index contributed by atoms with van der Waals surface area (Å²) < 4.78 is 5.12. The van der Waals surface area contributed by atoms with Gasteiger partial charge in [-0.05, 0) is 38.8 Å². The van der Waals surface area contributed by atoms with Crippen molar-refractivity contribution in [3.63, 3.8) is 0 Å². The first-order valence-corrected chi connectivity index (χ1v) is 8.17. The van der Waals surface area contributed by atoms with Crippen LogP contribution in [0.2, 0.25) is 0 Å². The van der Waals surface area contributed by atoms with E-state index in [9.17, 15) is 14.7 Å². The molecule has 0 fully saturated rings. The third-order valence-corrected chi connectivity index (χ3v) is 3.56. The number of amides is 1. The number of hydrogen-bond donors (Lipinski definition) is 3. The molecule has 6 heteroatoms. The second-order valence-corrected chi connectivity index (χ2v) is 6.82. The molecule has 0 saturated carbocycles. The molecule has 0 bridgehead atoms. The first kappa shape index (κ1) is 18.6. The van der Waals surface area contributed by atoms with E-state index in [2.05, 4.69) is 10.3 Å². The largest absolute Gasteiger partial charge is 0.481 e. The Labute approximate surface area is 146 Å². The number of aromatic amines is 1. The number of carbonyl (C=O) groups excluding carboxylic acids is 1. The number of carbonyl (C=O) groups is 2. The third-order valence-electron chi connectivity index (χ3n) is 3.56. The summed E-state index contributed by atoms with van der Waals surface area (Å²) in [5.41, 5.74) is 1.37. The van der Waals surface area contributed by atoms with Gasteiger partial charge in [0.15, 0.2) is 0 Å². The number of H-pyrrole nitrogens is 1. The molecular formula is C19H24N2O4. The summed E-state index contributed by atoms with van der Waals surface area (Å²) >= 11 is 0. The minimum atomic E-state index is -0.904. The molecule has 0 spiro atoms. The van der Waals surface area contributed by atoms with Crippen LogP contribution in [0.1, 0.15) is 26.3 Å². The van der Waals surface area contributed by atoms with Crippen LogP contribution in [0, 0.1) is 5.92 Å². The summed E-state index contributed by atoms with van der Waals surface area (Å²) in [5.74, 6) is -1.57. The van der Waals surface area contributed by atoms with Crippen LogP contribution in [0.3, 0.4) is 0 Å². The van der Waals surface area contributed by atoms with Gasteiger partial charge in [-0.2, -0.15) is 0 Å². The summed E-state index contributed by atoms with van der Waals surface area (Å²) in [5, 5.41) is 13.0. The van der Waals surface area contributed by atoms with Gasteiger partial charge < -0.3 is 20.1 Å². The smallest absolute Gasteiger partial charge is 0.407 e. The van der Waals surface area contributed by atoms with Crippen LogP contribution in [0.15, 0.2) is 42.6 Å². The molecule has 2 aromatic rings. The van der Waals surface area contributed by atoms with Crippen molar-refractivity contribution < 1.29 is 19.4 Å². The second kappa shape index (κ2) is 7.88. The summed E-state index contributed by atoms with van der Waals surface area (Å²) in [7, 11) is 0. The number of alkyl carbamates (subject to hydrolysis) is 1. The van der Waals surface area contributed by atoms with Crippen LogP contribution in [-0.2, 0) is 16.0 Å². The first-order valence-electron chi connectivity index (χ1n) is 8.17. The summed E-state index contributed by atoms with van der Waals surface area (Å²) in [6, 6.07) is 7.78. The van der Waals surface area contributed by atoms with Crippen LogP contribution in [0.4, 0.5) is 4.79 Å². The van der Waals surface area contributed by atoms with Crippen molar-refractivity contribution >= 4 is 23.0 Å². The van der Waals surface area contributed by atoms with E-state index in [0.717, 1.165) is 16.5 Å². The minimum absolute atomic E-state index is 0.215. The molecular weight excluding hydrogens is 320 g/mol. The molecule has 1 aromatic carbocycles. The molecule has 3 N–H and O–H groups in total. The van der Waals surface area contributed by atoms with Crippen LogP contribution in [0.25, 0.3) is 10.9 Å². The summed E-state index contributed by atoms with van der Waals surface area (Å²) in [4.78, 5) is 26.2. The number of aromatic nitrogens is 1. The number of ether oxygens (including phenoxy) is 1. The van der Waals surface area contributed by atoms with E-state index in [1.54, 1.807) is 32.9 Å². The van der Waals surface area contributed by atoms with Gasteiger partial charge in [-0.25, -0.2) is 4.79 Å². The molecule has 0 radical (unpaired) electrons. The van der Waals surface area contributed by atoms with Gasteiger partial charge in [0.1, 0.15) is 5.60 Å². The predicted molar refractivity (Wildman–Crippen MR) is 96.5 cm³/mol. The standard InChI is InChI=1S/C19H24N2O4/c1-19(2,3)25-18(24)20-10-6-7-13(17(22)23)11-14-12-21-16-9-5-4-8-15(14)16/h4-9,12-13,21H,10-11H2,1-3H3,(H,20,24)(H,22,23)/b7-6+/t13-/m0/s1. The second-order valence-electron chi connectivity index (χ2n) is 6.82. The monoisotopic (exact) mass is 344 g/mol. The maximum absolute atomic E-state index is 11.6. The van der Waals surface area contributed by atoms with Gasteiger partial charge in [0, 0.05) is 23.6 Å². The minimum Gasteiger partial charge on any atom is -0.481 e. The SMILES string of the molecule is CC(C)(C)OC(=O)NC/C=C/[C@@H](Cc1c[nH]c2ccccc12)C(=O)O. The molecule has 6 nitrogen and oxygen atoms in total. The van der Waals surface area contributed by atoms with E-state index in [4.69, 9.17) is 4.74 Å². The number of nitrogens with one attached hydrogen (secondary N) is 2. The third kappa shape index (κ3) is 5.67. The Bertz CT molecular complexity index is 771. The molecule has 0 unspecified atom stereocenters. The molecule has 0 saturated heterocycles. The highest BCUT2D eigenvalue weighted by atomic mass is 16.6. The van der Waals surface area contributed by atoms with Crippen molar-refractivity contribution in [3.05, 3.63) is 48.2 Å². The van der Waals surface area contributed by atoms with Crippen molar-refractivity contribution in [2.75, 3.05) is 6.54 Å². The average molecular weight is 344 g/mol. The molecule has 0 aliphatic rings. The zero-order valence-corrected chi connectivity index (χ0v) is 14.7. The molecule has 1 amide bonds. The van der Waals surface area contributed by atoms with Crippen molar-refractivity contribution in [3.8, 4) is 0 Å². The molecule has 1 aromatic heterocycles. The van der Waals surface area contributed by atoms with Gasteiger partial charge >= 0.3 is 12.1 Å². The van der Waals surface area contributed by atoms with Crippen LogP contribution in [0.5, 0.6) is 0 Å². The highest BCUT2D eigenvalue weighted by Gasteiger charge is 2.17. The van der Waals surface area contributed by atoms with E-state index >= 15 is 0 Å². The Morgan fingerprint density at radius 2 is 2.04 bits per heavy atom. The lowest BCUT2D eigenvalue weighted by atomic mass is 9.98. The van der Waals surface area contributed by atoms with Gasteiger partial charge in [-0.3, -0.25) is 4.79 Å². The van der Waals surface area contributed by atoms with Gasteiger partial charge in [-0.1, -0.05) is 30.4 Å². The number of carboxylic acid groups (broad SMARTS) is 1. The van der Waals surface area contributed by atoms with Gasteiger partial charge in [0.2, 0.25) is 0 Å². The Kier molecular flexibility index (Phi) is 5.85. The van der Waals surface area contributed by atoms with E-state index < -0.39 is 23.6 Å². The Hall–Kier alpha value is -2.76. The van der Waals surface area contributed by atoms with Crippen molar-refractivity contribution in [1.29, 1.82) is 0 Å². The van der Waals surface area contributed by atoms with Crippen molar-refractivity contribution in [2.24, 2.45) is 5.92 Å². The van der Waals surface area contributed by atoms with Crippen LogP contribution >= 0.6 is 0 Å². The number of hydrogen-bond acceptors (Lipinski definition) is 3. The van der Waals surface area contributed by atoms with Gasteiger partial charge in [0.05, 0.1) is 5.92 Å². The van der Waals surface area contributed by atoms with E-state index in [0.29, 0.717) is 6.42 Å². The Morgan fingerprint density at radius 3 is 2.72 bits per heavy atom. The summed E-state index contributed by atoms with van der Waals surface area (Å²) in [6.45, 7) is 5.56. The zero-order chi connectivity index (χ0) is 18.4. The number of carboxylic acids is 1. The van der Waals surface area contributed by atoms with E-state index in [1.807, 2.05) is 30.5 Å². The number of para-hydroxylation sites is 1. The lowest BCUT2D eigenvalue weighted by molar-refractivity contribution is -0.140. The molecule has 134 valence electrons. The molecule has 25 heavy (non-hydrogen) atoms. The maximum atomic E-state index is 11.6. The van der Waals surface area contributed by atoms with E-state index in [1.165, 1.54) is 0 Å². The topological polar surface area (TPSA) is 91.4 Å². The number of rotatable bonds is 6. The maximum Gasteiger partial charge on any atom is 0.407 e. The van der Waals surface area contributed by atoms with E-state index in [-0.39, 0.29) is 6.54 Å².